The highest BCUT2D eigenvalue weighted by Gasteiger charge is 2.42. The minimum absolute atomic E-state index is 0.0861. The fourth-order valence-electron chi connectivity index (χ4n) is 4.47. The van der Waals surface area contributed by atoms with Gasteiger partial charge in [-0.15, -0.1) is 0 Å². The topological polar surface area (TPSA) is 84.7 Å². The zero-order valence-electron chi connectivity index (χ0n) is 21.1. The minimum Gasteiger partial charge on any atom is -0.503 e. The van der Waals surface area contributed by atoms with Crippen molar-refractivity contribution in [3.8, 4) is 5.75 Å². The molecule has 1 aromatic heterocycles. The third-order valence-corrected chi connectivity index (χ3v) is 6.36. The molecule has 0 saturated heterocycles. The molecule has 1 aliphatic heterocycles. The van der Waals surface area contributed by atoms with Gasteiger partial charge in [-0.1, -0.05) is 68.3 Å². The first-order valence-corrected chi connectivity index (χ1v) is 12.8. The number of unbranched alkanes of at least 4 members (excludes halogenated alkanes) is 2. The van der Waals surface area contributed by atoms with E-state index in [2.05, 4.69) is 11.9 Å². The van der Waals surface area contributed by atoms with E-state index < -0.39 is 23.5 Å². The lowest BCUT2D eigenvalue weighted by Crippen LogP contribution is -2.32. The second-order valence-corrected chi connectivity index (χ2v) is 9.05. The molecule has 37 heavy (non-hydrogen) atoms. The van der Waals surface area contributed by atoms with Crippen molar-refractivity contribution in [3.63, 3.8) is 0 Å². The average Bonchev–Trinajstić information content (AvgIpc) is 3.53. The minimum atomic E-state index is -0.706. The predicted molar refractivity (Wildman–Crippen MR) is 143 cm³/mol. The van der Waals surface area contributed by atoms with Crippen molar-refractivity contribution in [3.05, 3.63) is 102 Å². The van der Waals surface area contributed by atoms with E-state index in [9.17, 15) is 14.7 Å². The Morgan fingerprint density at radius 1 is 1.08 bits per heavy atom. The normalized spacial score (nSPS) is 15.6. The molecular weight excluding hydrogens is 466 g/mol. The molecule has 1 amide bonds. The molecule has 2 aromatic carbocycles. The lowest BCUT2D eigenvalue weighted by Gasteiger charge is -2.27. The SMILES string of the molecule is CCCCCOc1cccc(C2C(C(=O)/C=C/c3ccccc3)=C(O)C(=O)N2CCCn2ccnc2)c1. The lowest BCUT2D eigenvalue weighted by atomic mass is 9.95. The molecule has 0 bridgehead atoms. The van der Waals surface area contributed by atoms with E-state index in [1.54, 1.807) is 23.5 Å². The van der Waals surface area contributed by atoms with Crippen molar-refractivity contribution >= 4 is 17.8 Å². The maximum atomic E-state index is 13.4. The molecule has 1 atom stereocenters. The Hall–Kier alpha value is -4.13. The molecule has 1 N–H and O–H groups in total. The van der Waals surface area contributed by atoms with Crippen molar-refractivity contribution in [1.29, 1.82) is 0 Å². The molecular formula is C30H33N3O4. The van der Waals surface area contributed by atoms with Crippen LogP contribution in [0.25, 0.3) is 6.08 Å². The number of imidazole rings is 1. The van der Waals surface area contributed by atoms with E-state index in [4.69, 9.17) is 4.74 Å². The summed E-state index contributed by atoms with van der Waals surface area (Å²) in [5.41, 5.74) is 1.67. The van der Waals surface area contributed by atoms with E-state index in [0.717, 1.165) is 30.4 Å². The van der Waals surface area contributed by atoms with Crippen LogP contribution in [-0.4, -0.2) is 44.4 Å². The smallest absolute Gasteiger partial charge is 0.290 e. The quantitative estimate of drug-likeness (QED) is 0.247. The Bertz CT molecular complexity index is 1250. The number of ether oxygens (including phenoxy) is 1. The Morgan fingerprint density at radius 2 is 1.92 bits per heavy atom. The molecule has 192 valence electrons. The van der Waals surface area contributed by atoms with Gasteiger partial charge < -0.3 is 19.3 Å². The third-order valence-electron chi connectivity index (χ3n) is 6.36. The number of benzene rings is 2. The molecule has 0 aliphatic carbocycles. The second kappa shape index (κ2) is 12.7. The highest BCUT2D eigenvalue weighted by atomic mass is 16.5. The van der Waals surface area contributed by atoms with Crippen LogP contribution in [0, 0.1) is 0 Å². The molecule has 1 aliphatic rings. The summed E-state index contributed by atoms with van der Waals surface area (Å²) in [5.74, 6) is -0.755. The van der Waals surface area contributed by atoms with E-state index in [1.165, 1.54) is 6.08 Å². The van der Waals surface area contributed by atoms with Gasteiger partial charge in [-0.2, -0.15) is 0 Å². The number of aliphatic hydroxyl groups is 1. The lowest BCUT2D eigenvalue weighted by molar-refractivity contribution is -0.129. The molecule has 0 saturated carbocycles. The van der Waals surface area contributed by atoms with Gasteiger partial charge >= 0.3 is 0 Å². The standard InChI is InChI=1S/C30H33N3O4/c1-2-3-7-20-37-25-13-8-12-24(21-25)28-27(26(34)15-14-23-10-5-4-6-11-23)29(35)30(36)33(28)18-9-17-32-19-16-31-22-32/h4-6,8,10-16,19,21-22,28,35H,2-3,7,9,17-18,20H2,1H3/b15-14+. The molecule has 0 spiro atoms. The van der Waals surface area contributed by atoms with Crippen LogP contribution in [0.15, 0.2) is 90.7 Å². The number of hydrogen-bond acceptors (Lipinski definition) is 5. The van der Waals surface area contributed by atoms with Gasteiger partial charge in [0.15, 0.2) is 11.5 Å². The molecule has 7 heteroatoms. The third kappa shape index (κ3) is 6.55. The van der Waals surface area contributed by atoms with E-state index in [-0.39, 0.29) is 5.57 Å². The Labute approximate surface area is 217 Å². The number of carbonyl (C=O) groups is 2. The van der Waals surface area contributed by atoms with Crippen molar-refractivity contribution in [2.24, 2.45) is 0 Å². The monoisotopic (exact) mass is 499 g/mol. The number of carbonyl (C=O) groups excluding carboxylic acids is 2. The number of aryl methyl sites for hydroxylation is 1. The summed E-state index contributed by atoms with van der Waals surface area (Å²) >= 11 is 0. The van der Waals surface area contributed by atoms with Crippen LogP contribution >= 0.6 is 0 Å². The Balaban J connectivity index is 1.60. The zero-order valence-corrected chi connectivity index (χ0v) is 21.1. The summed E-state index contributed by atoms with van der Waals surface area (Å²) in [4.78, 5) is 32.2. The fourth-order valence-corrected chi connectivity index (χ4v) is 4.47. The van der Waals surface area contributed by atoms with Gasteiger partial charge in [0, 0.05) is 25.5 Å². The van der Waals surface area contributed by atoms with Gasteiger partial charge in [0.1, 0.15) is 5.75 Å². The summed E-state index contributed by atoms with van der Waals surface area (Å²) < 4.78 is 7.87. The summed E-state index contributed by atoms with van der Waals surface area (Å²) in [7, 11) is 0. The Kier molecular flexibility index (Phi) is 8.92. The first kappa shape index (κ1) is 25.9. The molecule has 1 unspecified atom stereocenters. The van der Waals surface area contributed by atoms with Crippen LogP contribution in [0.1, 0.15) is 49.8 Å². The van der Waals surface area contributed by atoms with Crippen LogP contribution < -0.4 is 4.74 Å². The van der Waals surface area contributed by atoms with Crippen molar-refractivity contribution in [1.82, 2.24) is 14.5 Å². The van der Waals surface area contributed by atoms with Gasteiger partial charge in [-0.3, -0.25) is 9.59 Å². The average molecular weight is 500 g/mol. The molecule has 0 fully saturated rings. The van der Waals surface area contributed by atoms with Crippen LogP contribution in [0.5, 0.6) is 5.75 Å². The van der Waals surface area contributed by atoms with Gasteiger partial charge in [0.05, 0.1) is 24.5 Å². The fraction of sp³-hybridized carbons (Fsp3) is 0.300. The summed E-state index contributed by atoms with van der Waals surface area (Å²) in [6.07, 6.45) is 12.2. The maximum Gasteiger partial charge on any atom is 0.290 e. The first-order valence-electron chi connectivity index (χ1n) is 12.8. The van der Waals surface area contributed by atoms with Gasteiger partial charge in [0.2, 0.25) is 0 Å². The molecule has 7 nitrogen and oxygen atoms in total. The zero-order chi connectivity index (χ0) is 26.0. The van der Waals surface area contributed by atoms with Crippen molar-refractivity contribution in [2.75, 3.05) is 13.2 Å². The molecule has 0 radical (unpaired) electrons. The van der Waals surface area contributed by atoms with Crippen LogP contribution in [0.3, 0.4) is 0 Å². The van der Waals surface area contributed by atoms with Gasteiger partial charge in [-0.05, 0) is 42.2 Å². The number of allylic oxidation sites excluding steroid dienone is 1. The molecule has 3 aromatic rings. The summed E-state index contributed by atoms with van der Waals surface area (Å²) in [6, 6.07) is 16.2. The van der Waals surface area contributed by atoms with Gasteiger partial charge in [0.25, 0.3) is 5.91 Å². The highest BCUT2D eigenvalue weighted by Crippen LogP contribution is 2.39. The number of aliphatic hydroxyl groups excluding tert-OH is 1. The van der Waals surface area contributed by atoms with E-state index >= 15 is 0 Å². The number of rotatable bonds is 13. The first-order chi connectivity index (χ1) is 18.1. The largest absolute Gasteiger partial charge is 0.503 e. The predicted octanol–water partition coefficient (Wildman–Crippen LogP) is 5.52. The van der Waals surface area contributed by atoms with Gasteiger partial charge in [-0.25, -0.2) is 4.98 Å². The number of hydrogen-bond donors (Lipinski definition) is 1. The highest BCUT2D eigenvalue weighted by molar-refractivity contribution is 6.14. The molecule has 2 heterocycles. The number of amides is 1. The summed E-state index contributed by atoms with van der Waals surface area (Å²) in [6.45, 7) is 3.77. The Morgan fingerprint density at radius 3 is 2.68 bits per heavy atom. The van der Waals surface area contributed by atoms with Crippen molar-refractivity contribution in [2.45, 2.75) is 45.2 Å². The van der Waals surface area contributed by atoms with E-state index in [1.807, 2.05) is 65.4 Å². The molecule has 4 rings (SSSR count). The van der Waals surface area contributed by atoms with Crippen molar-refractivity contribution < 1.29 is 19.4 Å². The van der Waals surface area contributed by atoms with E-state index in [0.29, 0.717) is 31.9 Å². The number of ketones is 1. The second-order valence-electron chi connectivity index (χ2n) is 9.05. The van der Waals surface area contributed by atoms with Crippen LogP contribution in [0.2, 0.25) is 0 Å². The number of nitrogens with zero attached hydrogens (tertiary/aromatic N) is 3. The van der Waals surface area contributed by atoms with Crippen LogP contribution in [0.4, 0.5) is 0 Å². The summed E-state index contributed by atoms with van der Waals surface area (Å²) in [5, 5.41) is 10.9. The maximum absolute atomic E-state index is 13.4. The van der Waals surface area contributed by atoms with Crippen LogP contribution in [-0.2, 0) is 16.1 Å². The number of aromatic nitrogens is 2.